The lowest BCUT2D eigenvalue weighted by molar-refractivity contribution is 0.799. The maximum atomic E-state index is 4.21. The van der Waals surface area contributed by atoms with E-state index < -0.39 is 0 Å². The van der Waals surface area contributed by atoms with Crippen LogP contribution in [0.25, 0.3) is 10.8 Å². The Balaban J connectivity index is 1.77. The Hall–Kier alpha value is -2.42. The number of hydrogen-bond donors (Lipinski definition) is 1. The van der Waals surface area contributed by atoms with Crippen molar-refractivity contribution in [2.24, 2.45) is 0 Å². The van der Waals surface area contributed by atoms with Gasteiger partial charge in [-0.3, -0.25) is 0 Å². The first-order valence-electron chi connectivity index (χ1n) is 6.84. The molecule has 3 heteroatoms. The highest BCUT2D eigenvalue weighted by Crippen LogP contribution is 2.21. The number of benzene rings is 2. The maximum Gasteiger partial charge on any atom is 0.156 e. The summed E-state index contributed by atoms with van der Waals surface area (Å²) in [5, 5.41) is 13.9. The Morgan fingerprint density at radius 3 is 2.60 bits per heavy atom. The fourth-order valence-electron chi connectivity index (χ4n) is 2.31. The highest BCUT2D eigenvalue weighted by molar-refractivity contribution is 5.90. The smallest absolute Gasteiger partial charge is 0.156 e. The Morgan fingerprint density at radius 2 is 1.75 bits per heavy atom. The molecule has 0 amide bonds. The third-order valence-electron chi connectivity index (χ3n) is 3.51. The molecule has 100 valence electrons. The van der Waals surface area contributed by atoms with Crippen molar-refractivity contribution >= 4 is 16.6 Å². The summed E-state index contributed by atoms with van der Waals surface area (Å²) in [5.41, 5.74) is 1.33. The largest absolute Gasteiger partial charge is 0.367 e. The van der Waals surface area contributed by atoms with Gasteiger partial charge in [0.15, 0.2) is 5.82 Å². The molecular formula is C17H17N3. The second-order valence-corrected chi connectivity index (χ2v) is 4.97. The fraction of sp³-hybridized carbons (Fsp3) is 0.176. The van der Waals surface area contributed by atoms with Crippen LogP contribution in [-0.2, 0) is 0 Å². The summed E-state index contributed by atoms with van der Waals surface area (Å²) < 4.78 is 0. The summed E-state index contributed by atoms with van der Waals surface area (Å²) in [7, 11) is 0. The number of nitrogens with zero attached hydrogens (tertiary/aromatic N) is 2. The van der Waals surface area contributed by atoms with Gasteiger partial charge in [-0.1, -0.05) is 61.5 Å². The van der Waals surface area contributed by atoms with Crippen molar-refractivity contribution in [2.45, 2.75) is 12.8 Å². The Morgan fingerprint density at radius 1 is 1.00 bits per heavy atom. The van der Waals surface area contributed by atoms with E-state index in [0.29, 0.717) is 5.92 Å². The third-order valence-corrected chi connectivity index (χ3v) is 3.51. The molecule has 0 fully saturated rings. The van der Waals surface area contributed by atoms with Crippen LogP contribution in [0.15, 0.2) is 60.8 Å². The van der Waals surface area contributed by atoms with Gasteiger partial charge in [-0.15, -0.1) is 5.10 Å². The van der Waals surface area contributed by atoms with Crippen LogP contribution >= 0.6 is 0 Å². The molecule has 2 aromatic carbocycles. The fourth-order valence-corrected chi connectivity index (χ4v) is 2.31. The van der Waals surface area contributed by atoms with E-state index in [4.69, 9.17) is 0 Å². The Bertz CT molecular complexity index is 689. The van der Waals surface area contributed by atoms with Crippen molar-refractivity contribution in [1.82, 2.24) is 10.2 Å². The van der Waals surface area contributed by atoms with Gasteiger partial charge >= 0.3 is 0 Å². The standard InChI is InChI=1S/C17H17N3/c1-13(14-7-3-2-4-8-14)11-18-17-16-10-6-5-9-15(16)12-19-20-17/h2-10,12-13H,11H2,1H3,(H,18,20). The van der Waals surface area contributed by atoms with E-state index in [-0.39, 0.29) is 0 Å². The van der Waals surface area contributed by atoms with Gasteiger partial charge in [0.05, 0.1) is 6.20 Å². The minimum atomic E-state index is 0.428. The SMILES string of the molecule is CC(CNc1nncc2ccccc12)c1ccccc1. The summed E-state index contributed by atoms with van der Waals surface area (Å²) in [6, 6.07) is 18.7. The molecule has 0 saturated heterocycles. The van der Waals surface area contributed by atoms with Crippen molar-refractivity contribution in [3.63, 3.8) is 0 Å². The molecule has 1 unspecified atom stereocenters. The topological polar surface area (TPSA) is 37.8 Å². The molecule has 0 radical (unpaired) electrons. The van der Waals surface area contributed by atoms with Crippen molar-refractivity contribution in [3.05, 3.63) is 66.4 Å². The van der Waals surface area contributed by atoms with Gasteiger partial charge in [0.1, 0.15) is 0 Å². The monoisotopic (exact) mass is 263 g/mol. The van der Waals surface area contributed by atoms with Gasteiger partial charge in [-0.2, -0.15) is 5.10 Å². The summed E-state index contributed by atoms with van der Waals surface area (Å²) >= 11 is 0. The van der Waals surface area contributed by atoms with E-state index in [1.165, 1.54) is 5.56 Å². The Kier molecular flexibility index (Phi) is 3.59. The number of anilines is 1. The predicted molar refractivity (Wildman–Crippen MR) is 82.9 cm³/mol. The first-order chi connectivity index (χ1) is 9.84. The lowest BCUT2D eigenvalue weighted by Crippen LogP contribution is -2.11. The average molecular weight is 263 g/mol. The molecule has 3 nitrogen and oxygen atoms in total. The number of nitrogens with one attached hydrogen (secondary N) is 1. The van der Waals surface area contributed by atoms with E-state index in [1.54, 1.807) is 6.20 Å². The van der Waals surface area contributed by atoms with Crippen LogP contribution in [0, 0.1) is 0 Å². The van der Waals surface area contributed by atoms with Gasteiger partial charge in [0.25, 0.3) is 0 Å². The molecular weight excluding hydrogens is 246 g/mol. The normalized spacial score (nSPS) is 12.2. The Labute approximate surface area is 118 Å². The molecule has 0 aliphatic rings. The molecule has 0 bridgehead atoms. The van der Waals surface area contributed by atoms with Gasteiger partial charge in [-0.05, 0) is 11.5 Å². The third kappa shape index (κ3) is 2.62. The van der Waals surface area contributed by atoms with Crippen LogP contribution in [0.5, 0.6) is 0 Å². The zero-order valence-corrected chi connectivity index (χ0v) is 11.5. The van der Waals surface area contributed by atoms with E-state index in [9.17, 15) is 0 Å². The number of fused-ring (bicyclic) bond motifs is 1. The van der Waals surface area contributed by atoms with Crippen LogP contribution in [0.4, 0.5) is 5.82 Å². The van der Waals surface area contributed by atoms with Crippen molar-refractivity contribution < 1.29 is 0 Å². The zero-order valence-electron chi connectivity index (χ0n) is 11.5. The summed E-state index contributed by atoms with van der Waals surface area (Å²) in [6.45, 7) is 3.05. The molecule has 1 atom stereocenters. The van der Waals surface area contributed by atoms with Crippen LogP contribution in [0.3, 0.4) is 0 Å². The van der Waals surface area contributed by atoms with Gasteiger partial charge in [0.2, 0.25) is 0 Å². The second-order valence-electron chi connectivity index (χ2n) is 4.97. The minimum absolute atomic E-state index is 0.428. The molecule has 20 heavy (non-hydrogen) atoms. The lowest BCUT2D eigenvalue weighted by atomic mass is 10.0. The highest BCUT2D eigenvalue weighted by atomic mass is 15.2. The minimum Gasteiger partial charge on any atom is -0.367 e. The number of rotatable bonds is 4. The zero-order chi connectivity index (χ0) is 13.8. The molecule has 1 heterocycles. The van der Waals surface area contributed by atoms with Gasteiger partial charge < -0.3 is 5.32 Å². The number of aromatic nitrogens is 2. The van der Waals surface area contributed by atoms with Crippen LogP contribution in [0.1, 0.15) is 18.4 Å². The molecule has 0 aliphatic carbocycles. The highest BCUT2D eigenvalue weighted by Gasteiger charge is 2.07. The first-order valence-corrected chi connectivity index (χ1v) is 6.84. The molecule has 3 rings (SSSR count). The molecule has 0 aliphatic heterocycles. The van der Waals surface area contributed by atoms with E-state index >= 15 is 0 Å². The van der Waals surface area contributed by atoms with E-state index in [2.05, 4.69) is 58.8 Å². The van der Waals surface area contributed by atoms with Crippen LogP contribution < -0.4 is 5.32 Å². The van der Waals surface area contributed by atoms with E-state index in [1.807, 2.05) is 18.2 Å². The molecule has 3 aromatic rings. The van der Waals surface area contributed by atoms with Crippen LogP contribution in [0.2, 0.25) is 0 Å². The second kappa shape index (κ2) is 5.70. The van der Waals surface area contributed by atoms with E-state index in [0.717, 1.165) is 23.1 Å². The number of hydrogen-bond acceptors (Lipinski definition) is 3. The summed E-state index contributed by atoms with van der Waals surface area (Å²) in [4.78, 5) is 0. The van der Waals surface area contributed by atoms with Gasteiger partial charge in [-0.25, -0.2) is 0 Å². The van der Waals surface area contributed by atoms with Crippen molar-refractivity contribution in [1.29, 1.82) is 0 Å². The maximum absolute atomic E-state index is 4.21. The van der Waals surface area contributed by atoms with Crippen molar-refractivity contribution in [3.8, 4) is 0 Å². The predicted octanol–water partition coefficient (Wildman–Crippen LogP) is 3.85. The summed E-state index contributed by atoms with van der Waals surface area (Å²) in [5.74, 6) is 1.28. The van der Waals surface area contributed by atoms with Crippen molar-refractivity contribution in [2.75, 3.05) is 11.9 Å². The van der Waals surface area contributed by atoms with Gasteiger partial charge in [0, 0.05) is 17.3 Å². The lowest BCUT2D eigenvalue weighted by Gasteiger charge is -2.14. The molecule has 0 saturated carbocycles. The first kappa shape index (κ1) is 12.6. The summed E-state index contributed by atoms with van der Waals surface area (Å²) in [6.07, 6.45) is 1.79. The average Bonchev–Trinajstić information content (AvgIpc) is 2.53. The quantitative estimate of drug-likeness (QED) is 0.777. The van der Waals surface area contributed by atoms with Crippen LogP contribution in [-0.4, -0.2) is 16.7 Å². The molecule has 1 aromatic heterocycles. The molecule has 0 spiro atoms. The molecule has 1 N–H and O–H groups in total.